The number of rotatable bonds is 0. The molecule has 0 bridgehead atoms. The van der Waals surface area contributed by atoms with Crippen LogP contribution in [0, 0.1) is 0 Å². The first kappa shape index (κ1) is 5.60. The Bertz CT molecular complexity index is 94.4. The molecule has 0 N–H and O–H groups in total. The average Bonchev–Trinajstić information content (AvgIpc) is 1.87. The molecule has 0 unspecified atom stereocenters. The van der Waals surface area contributed by atoms with Gasteiger partial charge in [-0.25, -0.2) is 0 Å². The van der Waals surface area contributed by atoms with Gasteiger partial charge in [-0.1, -0.05) is 0 Å². The van der Waals surface area contributed by atoms with Gasteiger partial charge in [0.2, 0.25) is 0 Å². The van der Waals surface area contributed by atoms with Crippen LogP contribution in [0.3, 0.4) is 0 Å². The van der Waals surface area contributed by atoms with Crippen molar-refractivity contribution in [1.29, 1.82) is 0 Å². The Balaban J connectivity index is 2.42. The van der Waals surface area contributed by atoms with E-state index < -0.39 is 0 Å². The zero-order chi connectivity index (χ0) is 5.28. The van der Waals surface area contributed by atoms with Crippen molar-refractivity contribution >= 4 is 0 Å². The van der Waals surface area contributed by atoms with Gasteiger partial charge in [-0.05, 0) is 0 Å². The fraction of sp³-hybridized carbons (Fsp3) is 0.667. The molecule has 1 heterocycles. The van der Waals surface area contributed by atoms with Gasteiger partial charge >= 0.3 is 55.1 Å². The molecule has 0 fully saturated rings. The fourth-order valence-corrected chi connectivity index (χ4v) is 3.40. The van der Waals surface area contributed by atoms with Crippen molar-refractivity contribution in [3.8, 4) is 0 Å². The van der Waals surface area contributed by atoms with E-state index >= 15 is 0 Å². The monoisotopic (exact) mass is 209 g/mol. The van der Waals surface area contributed by atoms with Gasteiger partial charge in [0.05, 0.1) is 0 Å². The molecule has 0 amide bonds. The first-order valence-electron chi connectivity index (χ1n) is 2.59. The second kappa shape index (κ2) is 2.16. The summed E-state index contributed by atoms with van der Waals surface area (Å²) in [4.78, 5) is 0. The van der Waals surface area contributed by atoms with Crippen LogP contribution in [0.4, 0.5) is 0 Å². The quantitative estimate of drug-likeness (QED) is 0.346. The summed E-state index contributed by atoms with van der Waals surface area (Å²) in [6, 6.07) is 0. The van der Waals surface area contributed by atoms with Crippen molar-refractivity contribution in [2.75, 3.05) is 0 Å². The van der Waals surface area contributed by atoms with Crippen LogP contribution in [0.1, 0.15) is 20.3 Å². The van der Waals surface area contributed by atoms with E-state index in [4.69, 9.17) is 0 Å². The minimum absolute atomic E-state index is 0.478. The third-order valence-electron chi connectivity index (χ3n) is 1.08. The Hall–Kier alpha value is 0.470. The normalized spacial score (nSPS) is 31.7. The minimum atomic E-state index is 0.478. The van der Waals surface area contributed by atoms with Gasteiger partial charge in [0.15, 0.2) is 0 Å². The van der Waals surface area contributed by atoms with Gasteiger partial charge in [0.25, 0.3) is 0 Å². The summed E-state index contributed by atoms with van der Waals surface area (Å²) in [7, 11) is 0. The van der Waals surface area contributed by atoms with Crippen molar-refractivity contribution in [2.24, 2.45) is 0 Å². The summed E-state index contributed by atoms with van der Waals surface area (Å²) in [6.07, 6.45) is 3.75. The molecule has 0 aliphatic carbocycles. The zero-order valence-electron chi connectivity index (χ0n) is 4.74. The van der Waals surface area contributed by atoms with Crippen molar-refractivity contribution in [3.05, 3.63) is 9.66 Å². The van der Waals surface area contributed by atoms with E-state index in [-0.39, 0.29) is 0 Å². The fourth-order valence-electron chi connectivity index (χ4n) is 0.708. The van der Waals surface area contributed by atoms with E-state index in [1.165, 1.54) is 6.42 Å². The summed E-state index contributed by atoms with van der Waals surface area (Å²) in [5.41, 5.74) is 0. The molecular formula is C6H10I-. The molecule has 1 aliphatic rings. The van der Waals surface area contributed by atoms with Crippen molar-refractivity contribution < 1.29 is 21.2 Å². The van der Waals surface area contributed by atoms with Crippen LogP contribution in [0.25, 0.3) is 0 Å². The average molecular weight is 209 g/mol. The second-order valence-corrected chi connectivity index (χ2v) is 6.37. The summed E-state index contributed by atoms with van der Waals surface area (Å²) >= 11 is 0.478. The third-order valence-corrected chi connectivity index (χ3v) is 4.08. The molecule has 1 aliphatic heterocycles. The SMILES string of the molecule is CC1=CC[C@@H](C)[I-]1. The number of hydrogen-bond donors (Lipinski definition) is 0. The van der Waals surface area contributed by atoms with E-state index in [2.05, 4.69) is 19.9 Å². The van der Waals surface area contributed by atoms with Gasteiger partial charge in [0.1, 0.15) is 0 Å². The Morgan fingerprint density at radius 3 is 2.71 bits per heavy atom. The Morgan fingerprint density at radius 1 is 1.86 bits per heavy atom. The van der Waals surface area contributed by atoms with Gasteiger partial charge in [-0.2, -0.15) is 0 Å². The van der Waals surface area contributed by atoms with Crippen LogP contribution in [0.2, 0.25) is 0 Å². The van der Waals surface area contributed by atoms with Crippen LogP contribution in [0.15, 0.2) is 9.66 Å². The molecular weight excluding hydrogens is 199 g/mol. The number of alkyl halides is 1. The van der Waals surface area contributed by atoms with E-state index in [1.54, 1.807) is 3.58 Å². The molecule has 0 spiro atoms. The van der Waals surface area contributed by atoms with Crippen LogP contribution >= 0.6 is 0 Å². The van der Waals surface area contributed by atoms with Gasteiger partial charge < -0.3 is 0 Å². The molecule has 0 aromatic rings. The maximum atomic E-state index is 2.39. The summed E-state index contributed by atoms with van der Waals surface area (Å²) in [6.45, 7) is 4.61. The van der Waals surface area contributed by atoms with Gasteiger partial charge in [-0.15, -0.1) is 0 Å². The maximum absolute atomic E-state index is 2.39. The molecule has 1 atom stereocenters. The molecule has 0 aromatic carbocycles. The topological polar surface area (TPSA) is 0 Å². The number of halogens is 1. The molecule has 1 rings (SSSR count). The molecule has 0 aromatic heterocycles. The Kier molecular flexibility index (Phi) is 1.73. The first-order valence-corrected chi connectivity index (χ1v) is 4.91. The molecule has 7 heavy (non-hydrogen) atoms. The molecule has 0 saturated carbocycles. The molecule has 0 radical (unpaired) electrons. The van der Waals surface area contributed by atoms with Crippen molar-refractivity contribution in [1.82, 2.24) is 0 Å². The predicted octanol–water partition coefficient (Wildman–Crippen LogP) is -1.23. The van der Waals surface area contributed by atoms with E-state index in [1.807, 2.05) is 0 Å². The van der Waals surface area contributed by atoms with Crippen molar-refractivity contribution in [2.45, 2.75) is 24.2 Å². The van der Waals surface area contributed by atoms with Gasteiger partial charge in [-0.3, -0.25) is 0 Å². The molecule has 0 nitrogen and oxygen atoms in total. The third kappa shape index (κ3) is 1.44. The van der Waals surface area contributed by atoms with Crippen LogP contribution in [0.5, 0.6) is 0 Å². The van der Waals surface area contributed by atoms with Crippen molar-refractivity contribution in [3.63, 3.8) is 0 Å². The molecule has 42 valence electrons. The summed E-state index contributed by atoms with van der Waals surface area (Å²) in [5.74, 6) is 0. The van der Waals surface area contributed by atoms with E-state index in [9.17, 15) is 0 Å². The Morgan fingerprint density at radius 2 is 2.57 bits per heavy atom. The zero-order valence-corrected chi connectivity index (χ0v) is 6.90. The number of hydrogen-bond acceptors (Lipinski definition) is 0. The summed E-state index contributed by atoms with van der Waals surface area (Å²) < 4.78 is 2.73. The second-order valence-electron chi connectivity index (χ2n) is 1.92. The first-order chi connectivity index (χ1) is 3.29. The van der Waals surface area contributed by atoms with E-state index in [0.29, 0.717) is 21.2 Å². The molecule has 1 heteroatoms. The van der Waals surface area contributed by atoms with Crippen LogP contribution in [-0.4, -0.2) is 3.92 Å². The van der Waals surface area contributed by atoms with Crippen LogP contribution < -0.4 is 21.2 Å². The Labute approximate surface area is 55.3 Å². The van der Waals surface area contributed by atoms with Gasteiger partial charge in [0, 0.05) is 0 Å². The summed E-state index contributed by atoms with van der Waals surface area (Å²) in [5, 5.41) is 0. The number of allylic oxidation sites excluding steroid dienone is 2. The predicted molar refractivity (Wildman–Crippen MR) is 27.8 cm³/mol. The standard InChI is InChI=1S/C6H10I/c1-5-3-4-6(2)7-5/h3,6H,4H2,1-2H3/q-1/t6-/m1/s1. The van der Waals surface area contributed by atoms with E-state index in [0.717, 1.165) is 3.92 Å². The molecule has 0 saturated heterocycles. The van der Waals surface area contributed by atoms with Crippen LogP contribution in [-0.2, 0) is 0 Å².